The molecule has 0 radical (unpaired) electrons. The molecule has 4 heteroatoms. The molecule has 1 aliphatic heterocycles. The lowest BCUT2D eigenvalue weighted by molar-refractivity contribution is -0.138. The van der Waals surface area contributed by atoms with Gasteiger partial charge in [0.15, 0.2) is 0 Å². The van der Waals surface area contributed by atoms with Crippen LogP contribution in [0, 0.1) is 11.8 Å². The Morgan fingerprint density at radius 3 is 2.74 bits per heavy atom. The lowest BCUT2D eigenvalue weighted by Gasteiger charge is -2.34. The van der Waals surface area contributed by atoms with E-state index in [1.807, 2.05) is 11.8 Å². The van der Waals surface area contributed by atoms with Crippen LogP contribution in [0.3, 0.4) is 0 Å². The number of amides is 1. The van der Waals surface area contributed by atoms with Crippen molar-refractivity contribution in [2.24, 2.45) is 17.6 Å². The third-order valence-electron chi connectivity index (χ3n) is 4.90. The Morgan fingerprint density at radius 2 is 2.00 bits per heavy atom. The lowest BCUT2D eigenvalue weighted by Crippen LogP contribution is -2.43. The summed E-state index contributed by atoms with van der Waals surface area (Å²) >= 11 is 0. The van der Waals surface area contributed by atoms with Gasteiger partial charge in [0.05, 0.1) is 5.60 Å². The molecule has 2 aliphatic rings. The molecule has 3 atom stereocenters. The maximum Gasteiger partial charge on any atom is 0.226 e. The molecule has 2 fully saturated rings. The van der Waals surface area contributed by atoms with Crippen molar-refractivity contribution in [3.63, 3.8) is 0 Å². The molecule has 0 aromatic heterocycles. The summed E-state index contributed by atoms with van der Waals surface area (Å²) in [6.07, 6.45) is 6.84. The van der Waals surface area contributed by atoms with Crippen molar-refractivity contribution in [2.75, 3.05) is 19.6 Å². The van der Waals surface area contributed by atoms with Crippen molar-refractivity contribution < 1.29 is 9.90 Å². The molecule has 110 valence electrons. The Kier molecular flexibility index (Phi) is 4.85. The van der Waals surface area contributed by atoms with Gasteiger partial charge in [0.25, 0.3) is 0 Å². The Morgan fingerprint density at radius 1 is 1.26 bits per heavy atom. The molecular weight excluding hydrogens is 240 g/mol. The fraction of sp³-hybridized carbons (Fsp3) is 0.933. The van der Waals surface area contributed by atoms with Crippen molar-refractivity contribution in [3.05, 3.63) is 0 Å². The Labute approximate surface area is 116 Å². The van der Waals surface area contributed by atoms with Crippen LogP contribution in [0.25, 0.3) is 0 Å². The number of likely N-dealkylation sites (tertiary alicyclic amines) is 1. The van der Waals surface area contributed by atoms with Gasteiger partial charge in [0.1, 0.15) is 0 Å². The van der Waals surface area contributed by atoms with Gasteiger partial charge in [-0.2, -0.15) is 0 Å². The Hall–Kier alpha value is -0.610. The highest BCUT2D eigenvalue weighted by Gasteiger charge is 2.34. The van der Waals surface area contributed by atoms with Crippen LogP contribution in [0.15, 0.2) is 0 Å². The molecule has 2 rings (SSSR count). The van der Waals surface area contributed by atoms with Crippen LogP contribution in [0.2, 0.25) is 0 Å². The van der Waals surface area contributed by atoms with E-state index in [-0.39, 0.29) is 11.8 Å². The van der Waals surface area contributed by atoms with Gasteiger partial charge < -0.3 is 15.7 Å². The maximum absolute atomic E-state index is 12.7. The number of nitrogens with two attached hydrogens (primary N) is 1. The van der Waals surface area contributed by atoms with Crippen LogP contribution in [0.1, 0.15) is 51.9 Å². The van der Waals surface area contributed by atoms with Gasteiger partial charge >= 0.3 is 0 Å². The van der Waals surface area contributed by atoms with E-state index >= 15 is 0 Å². The van der Waals surface area contributed by atoms with Gasteiger partial charge in [-0.1, -0.05) is 12.8 Å². The van der Waals surface area contributed by atoms with Crippen LogP contribution in [-0.4, -0.2) is 41.1 Å². The summed E-state index contributed by atoms with van der Waals surface area (Å²) in [7, 11) is 0. The van der Waals surface area contributed by atoms with Crippen LogP contribution < -0.4 is 5.73 Å². The Balaban J connectivity index is 1.98. The highest BCUT2D eigenvalue weighted by molar-refractivity contribution is 5.79. The van der Waals surface area contributed by atoms with E-state index in [1.54, 1.807) is 0 Å². The summed E-state index contributed by atoms with van der Waals surface area (Å²) in [5.41, 5.74) is 5.22. The van der Waals surface area contributed by atoms with Crippen molar-refractivity contribution >= 4 is 5.91 Å². The second kappa shape index (κ2) is 6.23. The number of aliphatic hydroxyl groups is 1. The average Bonchev–Trinajstić information content (AvgIpc) is 2.59. The number of nitrogens with zero attached hydrogens (tertiary/aromatic N) is 1. The minimum absolute atomic E-state index is 0.127. The quantitative estimate of drug-likeness (QED) is 0.798. The zero-order valence-electron chi connectivity index (χ0n) is 12.1. The minimum Gasteiger partial charge on any atom is -0.390 e. The van der Waals surface area contributed by atoms with Crippen molar-refractivity contribution in [3.8, 4) is 0 Å². The molecule has 19 heavy (non-hydrogen) atoms. The Bertz CT molecular complexity index is 317. The molecule has 0 spiro atoms. The first-order valence-corrected chi connectivity index (χ1v) is 7.75. The van der Waals surface area contributed by atoms with Crippen LogP contribution in [0.4, 0.5) is 0 Å². The predicted molar refractivity (Wildman–Crippen MR) is 75.6 cm³/mol. The van der Waals surface area contributed by atoms with Gasteiger partial charge in [-0.3, -0.25) is 4.79 Å². The standard InChI is InChI=1S/C15H28N2O2/c1-15(19)7-4-9-17(10-8-15)14(18)13-6-3-2-5-12(13)11-16/h12-13,19H,2-11,16H2,1H3. The zero-order chi connectivity index (χ0) is 13.9. The molecule has 4 nitrogen and oxygen atoms in total. The molecule has 1 aliphatic carbocycles. The SMILES string of the molecule is CC1(O)CCCN(C(=O)C2CCCCC2CN)CC1. The van der Waals surface area contributed by atoms with Gasteiger partial charge in [0, 0.05) is 19.0 Å². The fourth-order valence-corrected chi connectivity index (χ4v) is 3.53. The topological polar surface area (TPSA) is 66.6 Å². The number of hydrogen-bond acceptors (Lipinski definition) is 3. The maximum atomic E-state index is 12.7. The molecule has 0 aromatic rings. The second-order valence-electron chi connectivity index (χ2n) is 6.56. The van der Waals surface area contributed by atoms with E-state index in [4.69, 9.17) is 5.73 Å². The molecule has 1 heterocycles. The summed E-state index contributed by atoms with van der Waals surface area (Å²) in [6.45, 7) is 3.99. The van der Waals surface area contributed by atoms with E-state index in [0.717, 1.165) is 38.6 Å². The minimum atomic E-state index is -0.602. The van der Waals surface area contributed by atoms with E-state index in [2.05, 4.69) is 0 Å². The first-order chi connectivity index (χ1) is 9.03. The molecule has 3 N–H and O–H groups in total. The van der Waals surface area contributed by atoms with Crippen LogP contribution in [-0.2, 0) is 4.79 Å². The molecule has 1 saturated carbocycles. The summed E-state index contributed by atoms with van der Waals surface area (Å²) in [5, 5.41) is 10.1. The second-order valence-corrected chi connectivity index (χ2v) is 6.56. The first kappa shape index (κ1) is 14.8. The number of hydrogen-bond donors (Lipinski definition) is 2. The number of rotatable bonds is 2. The van der Waals surface area contributed by atoms with Crippen molar-refractivity contribution in [1.29, 1.82) is 0 Å². The number of carbonyl (C=O) groups is 1. The largest absolute Gasteiger partial charge is 0.390 e. The predicted octanol–water partition coefficient (Wildman–Crippen LogP) is 1.51. The van der Waals surface area contributed by atoms with E-state index < -0.39 is 5.60 Å². The molecule has 3 unspecified atom stereocenters. The lowest BCUT2D eigenvalue weighted by atomic mass is 9.78. The highest BCUT2D eigenvalue weighted by atomic mass is 16.3. The van der Waals surface area contributed by atoms with Gasteiger partial charge in [-0.05, 0) is 51.5 Å². The van der Waals surface area contributed by atoms with E-state index in [1.165, 1.54) is 6.42 Å². The summed E-state index contributed by atoms with van der Waals surface area (Å²) in [4.78, 5) is 14.6. The monoisotopic (exact) mass is 268 g/mol. The van der Waals surface area contributed by atoms with Gasteiger partial charge in [0.2, 0.25) is 5.91 Å². The zero-order valence-corrected chi connectivity index (χ0v) is 12.1. The molecule has 1 amide bonds. The fourth-order valence-electron chi connectivity index (χ4n) is 3.53. The van der Waals surface area contributed by atoms with Crippen LogP contribution >= 0.6 is 0 Å². The normalized spacial score (nSPS) is 36.9. The molecule has 0 aromatic carbocycles. The van der Waals surface area contributed by atoms with Crippen LogP contribution in [0.5, 0.6) is 0 Å². The summed E-state index contributed by atoms with van der Waals surface area (Å²) < 4.78 is 0. The third kappa shape index (κ3) is 3.69. The average molecular weight is 268 g/mol. The van der Waals surface area contributed by atoms with Crippen molar-refractivity contribution in [2.45, 2.75) is 57.5 Å². The summed E-state index contributed by atoms with van der Waals surface area (Å²) in [5.74, 6) is 0.777. The smallest absolute Gasteiger partial charge is 0.226 e. The van der Waals surface area contributed by atoms with E-state index in [0.29, 0.717) is 25.4 Å². The molecular formula is C15H28N2O2. The van der Waals surface area contributed by atoms with Gasteiger partial charge in [-0.25, -0.2) is 0 Å². The highest BCUT2D eigenvalue weighted by Crippen LogP contribution is 2.32. The third-order valence-corrected chi connectivity index (χ3v) is 4.90. The van der Waals surface area contributed by atoms with E-state index in [9.17, 15) is 9.90 Å². The summed E-state index contributed by atoms with van der Waals surface area (Å²) in [6, 6.07) is 0. The first-order valence-electron chi connectivity index (χ1n) is 7.75. The molecule has 0 bridgehead atoms. The van der Waals surface area contributed by atoms with Gasteiger partial charge in [-0.15, -0.1) is 0 Å². The van der Waals surface area contributed by atoms with Crippen molar-refractivity contribution in [1.82, 2.24) is 4.90 Å². The number of carbonyl (C=O) groups excluding carboxylic acids is 1. The molecule has 1 saturated heterocycles.